The summed E-state index contributed by atoms with van der Waals surface area (Å²) < 4.78 is 0. The average Bonchev–Trinajstić information content (AvgIpc) is 1.83. The monoisotopic (exact) mass is 184 g/mol. The van der Waals surface area contributed by atoms with Gasteiger partial charge >= 0.3 is 0 Å². The van der Waals surface area contributed by atoms with Crippen molar-refractivity contribution in [2.75, 3.05) is 0 Å². The van der Waals surface area contributed by atoms with Crippen LogP contribution in [0.2, 0.25) is 18.1 Å². The molecule has 0 fully saturated rings. The zero-order valence-electron chi connectivity index (χ0n) is 9.12. The molecule has 0 N–H and O–H groups in total. The largest absolute Gasteiger partial charge is 0.300 e. The van der Waals surface area contributed by atoms with Crippen molar-refractivity contribution in [3.05, 3.63) is 12.2 Å². The number of carbonyl (C=O) groups excluding carboxylic acids is 1. The molecule has 0 unspecified atom stereocenters. The Balaban J connectivity index is 4.87. The lowest BCUT2D eigenvalue weighted by molar-refractivity contribution is -0.109. The van der Waals surface area contributed by atoms with Crippen LogP contribution in [0.5, 0.6) is 0 Å². The molecule has 0 heterocycles. The van der Waals surface area contributed by atoms with Gasteiger partial charge in [-0.25, -0.2) is 0 Å². The molecule has 0 aliphatic heterocycles. The average molecular weight is 184 g/mol. The van der Waals surface area contributed by atoms with Gasteiger partial charge in [-0.05, 0) is 17.5 Å². The molecule has 0 aromatic heterocycles. The van der Waals surface area contributed by atoms with Gasteiger partial charge in [-0.15, -0.1) is 0 Å². The number of hydrogen-bond donors (Lipinski definition) is 0. The molecule has 0 radical (unpaired) electrons. The molecule has 0 bridgehead atoms. The minimum Gasteiger partial charge on any atom is -0.300 e. The normalized spacial score (nSPS) is 12.8. The summed E-state index contributed by atoms with van der Waals surface area (Å²) in [6.07, 6.45) is 0. The van der Waals surface area contributed by atoms with Crippen molar-refractivity contribution in [1.82, 2.24) is 0 Å². The molecule has 0 aromatic carbocycles. The number of allylic oxidation sites excluding steroid dienone is 1. The fourth-order valence-corrected chi connectivity index (χ4v) is 2.62. The SMILES string of the molecule is C=C(C)C(=O)[Si](C)(C)C(C)(C)C. The van der Waals surface area contributed by atoms with Crippen molar-refractivity contribution < 1.29 is 4.79 Å². The molecule has 0 atom stereocenters. The highest BCUT2D eigenvalue weighted by atomic mass is 28.3. The van der Waals surface area contributed by atoms with E-state index < -0.39 is 8.07 Å². The maximum atomic E-state index is 11.8. The molecule has 0 aliphatic carbocycles. The fourth-order valence-electron chi connectivity index (χ4n) is 0.874. The van der Waals surface area contributed by atoms with Gasteiger partial charge in [-0.2, -0.15) is 0 Å². The van der Waals surface area contributed by atoms with Crippen LogP contribution in [0.25, 0.3) is 0 Å². The lowest BCUT2D eigenvalue weighted by Crippen LogP contribution is -2.46. The maximum absolute atomic E-state index is 11.8. The Morgan fingerprint density at radius 3 is 1.67 bits per heavy atom. The van der Waals surface area contributed by atoms with Gasteiger partial charge in [0.25, 0.3) is 0 Å². The number of carbonyl (C=O) groups is 1. The molecule has 70 valence electrons. The fraction of sp³-hybridized carbons (Fsp3) is 0.700. The van der Waals surface area contributed by atoms with E-state index in [-0.39, 0.29) is 5.04 Å². The van der Waals surface area contributed by atoms with Gasteiger partial charge in [0.1, 0.15) is 13.5 Å². The predicted molar refractivity (Wildman–Crippen MR) is 57.0 cm³/mol. The Kier molecular flexibility index (Phi) is 3.07. The van der Waals surface area contributed by atoms with Crippen LogP contribution in [0.15, 0.2) is 12.2 Å². The molecule has 0 saturated heterocycles. The highest BCUT2D eigenvalue weighted by molar-refractivity contribution is 7.08. The molecule has 2 heteroatoms. The van der Waals surface area contributed by atoms with E-state index in [9.17, 15) is 4.79 Å². The van der Waals surface area contributed by atoms with Crippen molar-refractivity contribution in [1.29, 1.82) is 0 Å². The van der Waals surface area contributed by atoms with Gasteiger partial charge in [0.15, 0.2) is 0 Å². The molecule has 1 nitrogen and oxygen atoms in total. The third-order valence-electron chi connectivity index (χ3n) is 2.83. The minimum absolute atomic E-state index is 0.128. The summed E-state index contributed by atoms with van der Waals surface area (Å²) in [4.78, 5) is 11.8. The first kappa shape index (κ1) is 11.6. The van der Waals surface area contributed by atoms with E-state index in [2.05, 4.69) is 40.4 Å². The first-order valence-corrected chi connectivity index (χ1v) is 7.31. The van der Waals surface area contributed by atoms with Crippen molar-refractivity contribution in [2.45, 2.75) is 45.8 Å². The lowest BCUT2D eigenvalue weighted by atomic mass is 10.2. The minimum atomic E-state index is -1.81. The predicted octanol–water partition coefficient (Wildman–Crippen LogP) is 3.18. The van der Waals surface area contributed by atoms with Crippen molar-refractivity contribution in [3.63, 3.8) is 0 Å². The number of rotatable bonds is 2. The van der Waals surface area contributed by atoms with Gasteiger partial charge in [0, 0.05) is 0 Å². The van der Waals surface area contributed by atoms with E-state index in [1.165, 1.54) is 0 Å². The van der Waals surface area contributed by atoms with Crippen LogP contribution in [-0.2, 0) is 4.79 Å². The summed E-state index contributed by atoms with van der Waals surface area (Å²) in [6, 6.07) is 0. The second-order valence-corrected chi connectivity index (χ2v) is 10.2. The first-order chi connectivity index (χ1) is 5.10. The first-order valence-electron chi connectivity index (χ1n) is 4.31. The standard InChI is InChI=1S/C10H20OSi/c1-8(2)9(11)12(6,7)10(3,4)5/h1H2,2-7H3. The van der Waals surface area contributed by atoms with Gasteiger partial charge in [-0.1, -0.05) is 40.4 Å². The molecule has 0 aliphatic rings. The van der Waals surface area contributed by atoms with Gasteiger partial charge in [-0.3, -0.25) is 0 Å². The smallest absolute Gasteiger partial charge is 0.138 e. The Morgan fingerprint density at radius 1 is 1.25 bits per heavy atom. The molecule has 0 rings (SSSR count). The van der Waals surface area contributed by atoms with Crippen LogP contribution in [0.1, 0.15) is 27.7 Å². The van der Waals surface area contributed by atoms with Gasteiger partial charge in [0.05, 0.1) is 0 Å². The highest BCUT2D eigenvalue weighted by Gasteiger charge is 2.41. The van der Waals surface area contributed by atoms with Gasteiger partial charge < -0.3 is 4.79 Å². The topological polar surface area (TPSA) is 17.1 Å². The summed E-state index contributed by atoms with van der Waals surface area (Å²) in [5, 5.41) is 0.429. The van der Waals surface area contributed by atoms with E-state index in [0.29, 0.717) is 11.0 Å². The molecule has 0 amide bonds. The molecule has 0 saturated carbocycles. The van der Waals surface area contributed by atoms with Crippen molar-refractivity contribution in [3.8, 4) is 0 Å². The Labute approximate surface area is 76.9 Å². The van der Waals surface area contributed by atoms with Crippen molar-refractivity contribution >= 4 is 13.5 Å². The second-order valence-electron chi connectivity index (χ2n) is 4.98. The molecular weight excluding hydrogens is 164 g/mol. The van der Waals surface area contributed by atoms with Crippen molar-refractivity contribution in [2.24, 2.45) is 0 Å². The maximum Gasteiger partial charge on any atom is 0.138 e. The summed E-state index contributed by atoms with van der Waals surface area (Å²) in [6.45, 7) is 16.2. The van der Waals surface area contributed by atoms with Crippen LogP contribution in [-0.4, -0.2) is 13.5 Å². The second kappa shape index (κ2) is 3.17. The van der Waals surface area contributed by atoms with E-state index in [4.69, 9.17) is 0 Å². The quantitative estimate of drug-likeness (QED) is 0.476. The van der Waals surface area contributed by atoms with E-state index in [0.717, 1.165) is 0 Å². The summed E-state index contributed by atoms with van der Waals surface area (Å²) in [5.41, 5.74) is 0.710. The zero-order valence-corrected chi connectivity index (χ0v) is 10.1. The zero-order chi connectivity index (χ0) is 10.2. The molecular formula is C10H20OSi. The van der Waals surface area contributed by atoms with Crippen LogP contribution in [0.3, 0.4) is 0 Å². The highest BCUT2D eigenvalue weighted by Crippen LogP contribution is 2.37. The number of hydrogen-bond acceptors (Lipinski definition) is 1. The molecule has 12 heavy (non-hydrogen) atoms. The van der Waals surface area contributed by atoms with Crippen LogP contribution < -0.4 is 0 Å². The Hall–Kier alpha value is -0.373. The summed E-state index contributed by atoms with van der Waals surface area (Å²) >= 11 is 0. The van der Waals surface area contributed by atoms with E-state index >= 15 is 0 Å². The van der Waals surface area contributed by atoms with Crippen LogP contribution in [0, 0.1) is 0 Å². The van der Waals surface area contributed by atoms with E-state index in [1.807, 2.05) is 6.92 Å². The molecule has 0 aromatic rings. The van der Waals surface area contributed by atoms with Crippen LogP contribution in [0.4, 0.5) is 0 Å². The van der Waals surface area contributed by atoms with Crippen LogP contribution >= 0.6 is 0 Å². The Bertz CT molecular complexity index is 208. The molecule has 0 spiro atoms. The third kappa shape index (κ3) is 2.06. The van der Waals surface area contributed by atoms with Gasteiger partial charge in [0.2, 0.25) is 0 Å². The third-order valence-corrected chi connectivity index (χ3v) is 8.14. The summed E-state index contributed by atoms with van der Waals surface area (Å²) in [5.74, 6) is 0. The Morgan fingerprint density at radius 2 is 1.58 bits per heavy atom. The summed E-state index contributed by atoms with van der Waals surface area (Å²) in [7, 11) is -1.81. The van der Waals surface area contributed by atoms with E-state index in [1.54, 1.807) is 0 Å². The lowest BCUT2D eigenvalue weighted by Gasteiger charge is -2.35.